The summed E-state index contributed by atoms with van der Waals surface area (Å²) in [7, 11) is 0. The molecule has 1 fully saturated rings. The van der Waals surface area contributed by atoms with E-state index in [9.17, 15) is 19.8 Å². The van der Waals surface area contributed by atoms with Crippen molar-refractivity contribution in [1.82, 2.24) is 19.5 Å². The van der Waals surface area contributed by atoms with Gasteiger partial charge < -0.3 is 25.3 Å². The highest BCUT2D eigenvalue weighted by atomic mass is 16.5. The highest BCUT2D eigenvalue weighted by Gasteiger charge is 2.36. The molecule has 0 saturated carbocycles. The number of carbonyl (C=O) groups is 1. The molecule has 4 N–H and O–H groups in total. The van der Waals surface area contributed by atoms with Crippen molar-refractivity contribution in [2.45, 2.75) is 24.9 Å². The Morgan fingerprint density at radius 2 is 2.11 bits per heavy atom. The van der Waals surface area contributed by atoms with Crippen LogP contribution in [0.3, 0.4) is 0 Å². The van der Waals surface area contributed by atoms with Crippen LogP contribution in [0, 0.1) is 0 Å². The first kappa shape index (κ1) is 17.3. The van der Waals surface area contributed by atoms with Gasteiger partial charge in [0.2, 0.25) is 0 Å². The van der Waals surface area contributed by atoms with Gasteiger partial charge in [0, 0.05) is 12.0 Å². The molecule has 10 heteroatoms. The van der Waals surface area contributed by atoms with Gasteiger partial charge in [0.1, 0.15) is 24.2 Å². The highest BCUT2D eigenvalue weighted by Crippen LogP contribution is 2.30. The maximum atomic E-state index is 12.4. The minimum Gasteiger partial charge on any atom is -0.394 e. The van der Waals surface area contributed by atoms with E-state index in [0.29, 0.717) is 5.56 Å². The monoisotopic (exact) mass is 371 g/mol. The molecule has 0 bridgehead atoms. The number of imidazole rings is 1. The number of nitrogens with zero attached hydrogens (tertiary/aromatic N) is 3. The molecule has 0 unspecified atom stereocenters. The third-order valence-electron chi connectivity index (χ3n) is 4.45. The van der Waals surface area contributed by atoms with Crippen molar-refractivity contribution >= 4 is 22.9 Å². The van der Waals surface area contributed by atoms with E-state index in [2.05, 4.69) is 20.3 Å². The Labute approximate surface area is 152 Å². The summed E-state index contributed by atoms with van der Waals surface area (Å²) in [6.45, 7) is -0.359. The van der Waals surface area contributed by atoms with Gasteiger partial charge in [-0.2, -0.15) is 0 Å². The van der Waals surface area contributed by atoms with E-state index >= 15 is 0 Å². The number of aromatic amines is 1. The van der Waals surface area contributed by atoms with Gasteiger partial charge in [-0.3, -0.25) is 4.79 Å². The largest absolute Gasteiger partial charge is 0.394 e. The zero-order valence-electron chi connectivity index (χ0n) is 14.1. The van der Waals surface area contributed by atoms with E-state index in [-0.39, 0.29) is 35.9 Å². The molecule has 0 spiro atoms. The van der Waals surface area contributed by atoms with E-state index in [1.807, 2.05) is 0 Å². The topological polar surface area (TPSA) is 142 Å². The number of H-pyrrole nitrogens is 1. The van der Waals surface area contributed by atoms with Gasteiger partial charge in [-0.1, -0.05) is 18.2 Å². The van der Waals surface area contributed by atoms with Gasteiger partial charge in [-0.15, -0.1) is 0 Å². The smallest absolute Gasteiger partial charge is 0.329 e. The quantitative estimate of drug-likeness (QED) is 0.506. The number of anilines is 1. The van der Waals surface area contributed by atoms with Crippen molar-refractivity contribution in [3.8, 4) is 0 Å². The Kier molecular flexibility index (Phi) is 4.44. The Morgan fingerprint density at radius 1 is 1.33 bits per heavy atom. The predicted octanol–water partition coefficient (Wildman–Crippen LogP) is 0.0126. The highest BCUT2D eigenvalue weighted by molar-refractivity contribution is 6.06. The molecular formula is C17H17N5O5. The number of rotatable bonds is 4. The molecule has 0 aliphatic carbocycles. The average Bonchev–Trinajstić information content (AvgIpc) is 3.21. The van der Waals surface area contributed by atoms with Crippen LogP contribution in [0.2, 0.25) is 0 Å². The summed E-state index contributed by atoms with van der Waals surface area (Å²) >= 11 is 0. The third-order valence-corrected chi connectivity index (χ3v) is 4.45. The maximum absolute atomic E-state index is 12.4. The van der Waals surface area contributed by atoms with E-state index < -0.39 is 24.1 Å². The zero-order valence-corrected chi connectivity index (χ0v) is 14.1. The molecular weight excluding hydrogens is 354 g/mol. The van der Waals surface area contributed by atoms with E-state index in [1.165, 1.54) is 10.9 Å². The number of aromatic nitrogens is 4. The lowest BCUT2D eigenvalue weighted by Crippen LogP contribution is -2.25. The fourth-order valence-corrected chi connectivity index (χ4v) is 3.11. The molecule has 1 aliphatic heterocycles. The molecule has 10 nitrogen and oxygen atoms in total. The molecule has 27 heavy (non-hydrogen) atoms. The van der Waals surface area contributed by atoms with Crippen LogP contribution in [0.5, 0.6) is 0 Å². The lowest BCUT2D eigenvalue weighted by atomic mass is 10.2. The van der Waals surface area contributed by atoms with Crippen molar-refractivity contribution in [2.75, 3.05) is 11.9 Å². The maximum Gasteiger partial charge on any atom is 0.329 e. The standard InChI is InChI=1S/C17H17N5O5/c23-7-11-10(24)6-12(27-11)22-15-13(20-17(22)26)14(18-8-19-15)21-16(25)9-4-2-1-3-5-9/h1-5,8,10-12,23-24H,6-7H2,(H,20,26)(H,18,19,21,25)/t10-,11+,12+/m0/s1. The summed E-state index contributed by atoms with van der Waals surface area (Å²) in [6.07, 6.45) is -1.09. The van der Waals surface area contributed by atoms with E-state index in [1.54, 1.807) is 30.3 Å². The summed E-state index contributed by atoms with van der Waals surface area (Å²) in [5, 5.41) is 21.8. The molecule has 0 radical (unpaired) electrons. The average molecular weight is 371 g/mol. The minimum absolute atomic E-state index is 0.133. The first-order chi connectivity index (χ1) is 13.1. The summed E-state index contributed by atoms with van der Waals surface area (Å²) in [6, 6.07) is 8.59. The summed E-state index contributed by atoms with van der Waals surface area (Å²) in [5.74, 6) is -0.223. The predicted molar refractivity (Wildman–Crippen MR) is 94.2 cm³/mol. The Balaban J connectivity index is 1.69. The summed E-state index contributed by atoms with van der Waals surface area (Å²) < 4.78 is 6.79. The van der Waals surface area contributed by atoms with Crippen LogP contribution in [0.1, 0.15) is 23.0 Å². The number of aliphatic hydroxyl groups is 2. The second-order valence-electron chi connectivity index (χ2n) is 6.16. The van der Waals surface area contributed by atoms with E-state index in [0.717, 1.165) is 0 Å². The molecule has 3 aromatic rings. The zero-order chi connectivity index (χ0) is 19.0. The fraction of sp³-hybridized carbons (Fsp3) is 0.294. The summed E-state index contributed by atoms with van der Waals surface area (Å²) in [4.78, 5) is 35.6. The second kappa shape index (κ2) is 6.91. The SMILES string of the molecule is O=C(Nc1ncnc2c1[nH]c(=O)n2[C@H]1C[C@H](O)[C@@H](CO)O1)c1ccccc1. The number of benzene rings is 1. The molecule has 1 amide bonds. The van der Waals surface area contributed by atoms with Crippen LogP contribution in [-0.2, 0) is 4.74 Å². The molecule has 1 saturated heterocycles. The van der Waals surface area contributed by atoms with Gasteiger partial charge in [0.05, 0.1) is 12.7 Å². The van der Waals surface area contributed by atoms with Crippen molar-refractivity contribution in [1.29, 1.82) is 0 Å². The normalized spacial score (nSPS) is 22.2. The number of fused-ring (bicyclic) bond motifs is 1. The number of carbonyl (C=O) groups excluding carboxylic acids is 1. The molecule has 3 heterocycles. The first-order valence-corrected chi connectivity index (χ1v) is 8.34. The Bertz CT molecular complexity index is 1030. The molecule has 1 aliphatic rings. The van der Waals surface area contributed by atoms with Crippen molar-refractivity contribution in [2.24, 2.45) is 0 Å². The number of hydrogen-bond donors (Lipinski definition) is 4. The van der Waals surface area contributed by atoms with Crippen LogP contribution < -0.4 is 11.0 Å². The van der Waals surface area contributed by atoms with Gasteiger partial charge in [-0.05, 0) is 12.1 Å². The van der Waals surface area contributed by atoms with Crippen LogP contribution in [0.4, 0.5) is 5.82 Å². The van der Waals surface area contributed by atoms with Gasteiger partial charge in [0.15, 0.2) is 11.5 Å². The molecule has 4 rings (SSSR count). The van der Waals surface area contributed by atoms with E-state index in [4.69, 9.17) is 4.74 Å². The number of nitrogens with one attached hydrogen (secondary N) is 2. The Morgan fingerprint density at radius 3 is 2.81 bits per heavy atom. The lowest BCUT2D eigenvalue weighted by molar-refractivity contribution is -0.0441. The lowest BCUT2D eigenvalue weighted by Gasteiger charge is -2.13. The third kappa shape index (κ3) is 3.10. The molecule has 2 aromatic heterocycles. The molecule has 140 valence electrons. The number of amides is 1. The van der Waals surface area contributed by atoms with Gasteiger partial charge >= 0.3 is 5.69 Å². The van der Waals surface area contributed by atoms with Crippen LogP contribution >= 0.6 is 0 Å². The molecule has 3 atom stereocenters. The first-order valence-electron chi connectivity index (χ1n) is 8.34. The molecule has 1 aromatic carbocycles. The number of aliphatic hydroxyl groups excluding tert-OH is 2. The van der Waals surface area contributed by atoms with Crippen molar-refractivity contribution in [3.63, 3.8) is 0 Å². The van der Waals surface area contributed by atoms with Gasteiger partial charge in [0.25, 0.3) is 5.91 Å². The fourth-order valence-electron chi connectivity index (χ4n) is 3.11. The number of hydrogen-bond acceptors (Lipinski definition) is 7. The van der Waals surface area contributed by atoms with Crippen molar-refractivity contribution < 1.29 is 19.7 Å². The van der Waals surface area contributed by atoms with Crippen molar-refractivity contribution in [3.05, 3.63) is 52.7 Å². The van der Waals surface area contributed by atoms with Crippen LogP contribution in [0.15, 0.2) is 41.5 Å². The Hall–Kier alpha value is -3.08. The van der Waals surface area contributed by atoms with Crippen LogP contribution in [0.25, 0.3) is 11.2 Å². The van der Waals surface area contributed by atoms with Gasteiger partial charge in [-0.25, -0.2) is 19.3 Å². The van der Waals surface area contributed by atoms with Crippen LogP contribution in [-0.4, -0.2) is 54.5 Å². The second-order valence-corrected chi connectivity index (χ2v) is 6.16. The minimum atomic E-state index is -0.893. The summed E-state index contributed by atoms with van der Waals surface area (Å²) in [5.41, 5.74) is 0.405. The number of ether oxygens (including phenoxy) is 1.